The molecule has 0 aromatic heterocycles. The normalized spacial score (nSPS) is 14.3. The average Bonchev–Trinajstić information content (AvgIpc) is 2.30. The number of hydrogen-bond donors (Lipinski definition) is 2. The van der Waals surface area contributed by atoms with Crippen LogP contribution in [-0.4, -0.2) is 17.1 Å². The van der Waals surface area contributed by atoms with Crippen LogP contribution in [0.3, 0.4) is 0 Å². The topological polar surface area (TPSA) is 49.3 Å². The molecule has 1 aromatic carbocycles. The molecule has 0 aliphatic rings. The minimum Gasteiger partial charge on any atom is -0.480 e. The van der Waals surface area contributed by atoms with Crippen molar-refractivity contribution in [3.63, 3.8) is 0 Å². The minimum atomic E-state index is -1.41. The minimum absolute atomic E-state index is 0.196. The van der Waals surface area contributed by atoms with E-state index >= 15 is 0 Å². The van der Waals surface area contributed by atoms with E-state index in [-0.39, 0.29) is 6.04 Å². The Labute approximate surface area is 103 Å². The number of nitrogens with one attached hydrogen (secondary N) is 1. The molecule has 2 atom stereocenters. The Balaban J connectivity index is 3.14. The van der Waals surface area contributed by atoms with E-state index in [9.17, 15) is 18.0 Å². The highest BCUT2D eigenvalue weighted by molar-refractivity contribution is 5.75. The first kappa shape index (κ1) is 14.5. The number of rotatable bonds is 5. The molecule has 0 spiro atoms. The second-order valence-corrected chi connectivity index (χ2v) is 4.04. The summed E-state index contributed by atoms with van der Waals surface area (Å²) in [5.74, 6) is -5.05. The van der Waals surface area contributed by atoms with Crippen LogP contribution in [0.2, 0.25) is 0 Å². The third-order valence-electron chi connectivity index (χ3n) is 2.66. The molecule has 18 heavy (non-hydrogen) atoms. The highest BCUT2D eigenvalue weighted by Crippen LogP contribution is 2.21. The summed E-state index contributed by atoms with van der Waals surface area (Å²) in [7, 11) is 0. The van der Waals surface area contributed by atoms with Gasteiger partial charge in [0.25, 0.3) is 0 Å². The molecule has 0 heterocycles. The number of carboxylic acids is 1. The maximum Gasteiger partial charge on any atom is 0.325 e. The standard InChI is InChI=1S/C12H14F3NO2/c1-3-6(2)16-11(12(17)18)7-4-9(14)10(15)5-8(7)13/h4-6,11,16H,3H2,1-2H3,(H,17,18). The van der Waals surface area contributed by atoms with Crippen LogP contribution < -0.4 is 5.32 Å². The average molecular weight is 261 g/mol. The lowest BCUT2D eigenvalue weighted by Gasteiger charge is -2.20. The first-order valence-corrected chi connectivity index (χ1v) is 5.50. The van der Waals surface area contributed by atoms with Crippen molar-refractivity contribution in [3.8, 4) is 0 Å². The molecule has 0 radical (unpaired) electrons. The Bertz CT molecular complexity index is 451. The monoisotopic (exact) mass is 261 g/mol. The van der Waals surface area contributed by atoms with Crippen molar-refractivity contribution in [2.45, 2.75) is 32.4 Å². The van der Waals surface area contributed by atoms with Crippen molar-refractivity contribution in [1.29, 1.82) is 0 Å². The SMILES string of the molecule is CCC(C)NC(C(=O)O)c1cc(F)c(F)cc1F. The van der Waals surface area contributed by atoms with E-state index in [1.54, 1.807) is 6.92 Å². The van der Waals surface area contributed by atoms with E-state index in [0.717, 1.165) is 0 Å². The summed E-state index contributed by atoms with van der Waals surface area (Å²) in [5.41, 5.74) is -0.415. The van der Waals surface area contributed by atoms with Gasteiger partial charge in [0.1, 0.15) is 11.9 Å². The molecular weight excluding hydrogens is 247 g/mol. The highest BCUT2D eigenvalue weighted by Gasteiger charge is 2.25. The first-order chi connectivity index (χ1) is 8.36. The van der Waals surface area contributed by atoms with E-state index in [2.05, 4.69) is 5.32 Å². The summed E-state index contributed by atoms with van der Waals surface area (Å²) in [5, 5.41) is 11.7. The molecule has 0 saturated heterocycles. The number of carbonyl (C=O) groups is 1. The zero-order valence-electron chi connectivity index (χ0n) is 10.0. The maximum atomic E-state index is 13.5. The molecule has 2 unspecified atom stereocenters. The van der Waals surface area contributed by atoms with Crippen LogP contribution in [-0.2, 0) is 4.79 Å². The second kappa shape index (κ2) is 5.86. The van der Waals surface area contributed by atoms with Crippen molar-refractivity contribution in [1.82, 2.24) is 5.32 Å². The summed E-state index contributed by atoms with van der Waals surface area (Å²) >= 11 is 0. The Morgan fingerprint density at radius 1 is 1.28 bits per heavy atom. The van der Waals surface area contributed by atoms with E-state index in [4.69, 9.17) is 5.11 Å². The molecule has 6 heteroatoms. The predicted molar refractivity (Wildman–Crippen MR) is 59.6 cm³/mol. The van der Waals surface area contributed by atoms with Gasteiger partial charge in [0, 0.05) is 17.7 Å². The van der Waals surface area contributed by atoms with E-state index in [1.807, 2.05) is 6.92 Å². The van der Waals surface area contributed by atoms with Crippen molar-refractivity contribution in [2.24, 2.45) is 0 Å². The molecule has 0 aliphatic carbocycles. The molecule has 0 aliphatic heterocycles. The third-order valence-corrected chi connectivity index (χ3v) is 2.66. The number of carboxylic acid groups (broad SMARTS) is 1. The Morgan fingerprint density at radius 2 is 1.83 bits per heavy atom. The van der Waals surface area contributed by atoms with Crippen LogP contribution in [0.15, 0.2) is 12.1 Å². The fourth-order valence-electron chi connectivity index (χ4n) is 1.46. The summed E-state index contributed by atoms with van der Waals surface area (Å²) in [6, 6.07) is -0.689. The molecule has 0 amide bonds. The van der Waals surface area contributed by atoms with E-state index < -0.39 is 35.0 Å². The van der Waals surface area contributed by atoms with E-state index in [1.165, 1.54) is 0 Å². The largest absolute Gasteiger partial charge is 0.480 e. The molecule has 1 aromatic rings. The fourth-order valence-corrected chi connectivity index (χ4v) is 1.46. The predicted octanol–water partition coefficient (Wildman–Crippen LogP) is 2.62. The fraction of sp³-hybridized carbons (Fsp3) is 0.417. The van der Waals surface area contributed by atoms with Gasteiger partial charge in [0.05, 0.1) is 0 Å². The van der Waals surface area contributed by atoms with Gasteiger partial charge in [-0.2, -0.15) is 0 Å². The quantitative estimate of drug-likeness (QED) is 0.801. The summed E-state index contributed by atoms with van der Waals surface area (Å²) in [6.07, 6.45) is 0.620. The van der Waals surface area contributed by atoms with Gasteiger partial charge < -0.3 is 5.11 Å². The van der Waals surface area contributed by atoms with Crippen LogP contribution in [0.4, 0.5) is 13.2 Å². The van der Waals surface area contributed by atoms with Crippen LogP contribution in [0.5, 0.6) is 0 Å². The van der Waals surface area contributed by atoms with Gasteiger partial charge in [-0.3, -0.25) is 10.1 Å². The number of benzene rings is 1. The number of hydrogen-bond acceptors (Lipinski definition) is 2. The first-order valence-electron chi connectivity index (χ1n) is 5.50. The van der Waals surface area contributed by atoms with Crippen molar-refractivity contribution in [3.05, 3.63) is 35.1 Å². The molecular formula is C12H14F3NO2. The van der Waals surface area contributed by atoms with Crippen LogP contribution in [0.1, 0.15) is 31.9 Å². The van der Waals surface area contributed by atoms with Crippen LogP contribution >= 0.6 is 0 Å². The molecule has 0 fully saturated rings. The lowest BCUT2D eigenvalue weighted by molar-refractivity contribution is -0.140. The lowest BCUT2D eigenvalue weighted by Crippen LogP contribution is -2.35. The van der Waals surface area contributed by atoms with Gasteiger partial charge in [0.2, 0.25) is 0 Å². The van der Waals surface area contributed by atoms with Crippen molar-refractivity contribution >= 4 is 5.97 Å². The van der Waals surface area contributed by atoms with Gasteiger partial charge >= 0.3 is 5.97 Å². The van der Waals surface area contributed by atoms with Crippen LogP contribution in [0, 0.1) is 17.5 Å². The summed E-state index contributed by atoms with van der Waals surface area (Å²) < 4.78 is 39.3. The smallest absolute Gasteiger partial charge is 0.325 e. The molecule has 1 rings (SSSR count). The molecule has 2 N–H and O–H groups in total. The van der Waals surface area contributed by atoms with Gasteiger partial charge in [-0.25, -0.2) is 13.2 Å². The van der Waals surface area contributed by atoms with Gasteiger partial charge in [-0.05, 0) is 19.4 Å². The summed E-state index contributed by atoms with van der Waals surface area (Å²) in [4.78, 5) is 11.1. The van der Waals surface area contributed by atoms with Gasteiger partial charge in [-0.15, -0.1) is 0 Å². The Kier molecular flexibility index (Phi) is 4.72. The number of aliphatic carboxylic acids is 1. The number of halogens is 3. The van der Waals surface area contributed by atoms with Gasteiger partial charge in [-0.1, -0.05) is 6.92 Å². The Morgan fingerprint density at radius 3 is 2.33 bits per heavy atom. The zero-order chi connectivity index (χ0) is 13.9. The summed E-state index contributed by atoms with van der Waals surface area (Å²) in [6.45, 7) is 3.53. The molecule has 0 saturated carbocycles. The van der Waals surface area contributed by atoms with Gasteiger partial charge in [0.15, 0.2) is 11.6 Å². The zero-order valence-corrected chi connectivity index (χ0v) is 10.0. The Hall–Kier alpha value is -1.56. The molecule has 100 valence electrons. The second-order valence-electron chi connectivity index (χ2n) is 4.04. The third kappa shape index (κ3) is 3.22. The molecule has 0 bridgehead atoms. The lowest BCUT2D eigenvalue weighted by atomic mass is 10.0. The van der Waals surface area contributed by atoms with Crippen LogP contribution in [0.25, 0.3) is 0 Å². The van der Waals surface area contributed by atoms with E-state index in [0.29, 0.717) is 18.6 Å². The highest BCUT2D eigenvalue weighted by atomic mass is 19.2. The maximum absolute atomic E-state index is 13.5. The van der Waals surface area contributed by atoms with Crippen molar-refractivity contribution < 1.29 is 23.1 Å². The molecule has 3 nitrogen and oxygen atoms in total. The van der Waals surface area contributed by atoms with Crippen molar-refractivity contribution in [2.75, 3.05) is 0 Å².